The zero-order valence-corrected chi connectivity index (χ0v) is 13.6. The number of carboxylic acids is 1. The smallest absolute Gasteiger partial charge is 0.330 e. The van der Waals surface area contributed by atoms with Crippen molar-refractivity contribution < 1.29 is 9.90 Å². The van der Waals surface area contributed by atoms with Gasteiger partial charge in [0, 0.05) is 20.3 Å². The third-order valence-electron chi connectivity index (χ3n) is 4.10. The molecule has 0 aliphatic carbocycles. The van der Waals surface area contributed by atoms with Gasteiger partial charge in [0.1, 0.15) is 0 Å². The molecule has 124 valence electrons. The third-order valence-corrected chi connectivity index (χ3v) is 4.10. The molecule has 0 radical (unpaired) electrons. The summed E-state index contributed by atoms with van der Waals surface area (Å²) in [6, 6.07) is 7.41. The largest absolute Gasteiger partial charge is 0.548 e. The maximum absolute atomic E-state index is 12.7. The van der Waals surface area contributed by atoms with Crippen LogP contribution in [-0.2, 0) is 25.4 Å². The molecule has 0 bridgehead atoms. The SMILES string of the molecule is Cc1cccc(-c2c3c(=O)n(C)c(=O)n(C)c3cn2CC(=O)[O-])c1. The lowest BCUT2D eigenvalue weighted by molar-refractivity contribution is -0.306. The van der Waals surface area contributed by atoms with Gasteiger partial charge in [-0.3, -0.25) is 13.9 Å². The summed E-state index contributed by atoms with van der Waals surface area (Å²) in [6.07, 6.45) is 1.51. The van der Waals surface area contributed by atoms with Crippen molar-refractivity contribution in [2.45, 2.75) is 13.5 Å². The highest BCUT2D eigenvalue weighted by molar-refractivity contribution is 5.94. The molecule has 1 aromatic carbocycles. The molecule has 0 saturated heterocycles. The van der Waals surface area contributed by atoms with Crippen LogP contribution in [0.2, 0.25) is 0 Å². The molecular formula is C17H16N3O4-. The maximum Gasteiger partial charge on any atom is 0.330 e. The second kappa shape index (κ2) is 5.52. The highest BCUT2D eigenvalue weighted by Gasteiger charge is 2.19. The summed E-state index contributed by atoms with van der Waals surface area (Å²) in [5.41, 5.74) is 1.62. The van der Waals surface area contributed by atoms with Crippen molar-refractivity contribution in [1.29, 1.82) is 0 Å². The van der Waals surface area contributed by atoms with Gasteiger partial charge in [-0.1, -0.05) is 23.8 Å². The van der Waals surface area contributed by atoms with Gasteiger partial charge >= 0.3 is 5.69 Å². The summed E-state index contributed by atoms with van der Waals surface area (Å²) >= 11 is 0. The monoisotopic (exact) mass is 326 g/mol. The van der Waals surface area contributed by atoms with E-state index >= 15 is 0 Å². The summed E-state index contributed by atoms with van der Waals surface area (Å²) in [4.78, 5) is 35.9. The van der Waals surface area contributed by atoms with E-state index in [9.17, 15) is 19.5 Å². The van der Waals surface area contributed by atoms with E-state index in [2.05, 4.69) is 0 Å². The van der Waals surface area contributed by atoms with Gasteiger partial charge in [-0.2, -0.15) is 0 Å². The average Bonchev–Trinajstić information content (AvgIpc) is 2.89. The summed E-state index contributed by atoms with van der Waals surface area (Å²) in [5.74, 6) is -1.27. The summed E-state index contributed by atoms with van der Waals surface area (Å²) < 4.78 is 3.79. The molecule has 0 saturated carbocycles. The lowest BCUT2D eigenvalue weighted by Crippen LogP contribution is -2.36. The zero-order chi connectivity index (χ0) is 17.6. The lowest BCUT2D eigenvalue weighted by Gasteiger charge is -2.11. The van der Waals surface area contributed by atoms with Crippen molar-refractivity contribution in [3.63, 3.8) is 0 Å². The molecule has 0 atom stereocenters. The number of nitrogens with zero attached hydrogens (tertiary/aromatic N) is 3. The first-order chi connectivity index (χ1) is 11.3. The van der Waals surface area contributed by atoms with E-state index in [0.29, 0.717) is 22.2 Å². The van der Waals surface area contributed by atoms with Crippen LogP contribution in [0.3, 0.4) is 0 Å². The Labute approximate surface area is 137 Å². The molecule has 3 aromatic rings. The number of fused-ring (bicyclic) bond motifs is 1. The molecule has 0 unspecified atom stereocenters. The minimum Gasteiger partial charge on any atom is -0.548 e. The number of hydrogen-bond acceptors (Lipinski definition) is 4. The van der Waals surface area contributed by atoms with Crippen molar-refractivity contribution >= 4 is 16.9 Å². The highest BCUT2D eigenvalue weighted by Crippen LogP contribution is 2.28. The Bertz CT molecular complexity index is 1090. The van der Waals surface area contributed by atoms with E-state index in [-0.39, 0.29) is 0 Å². The van der Waals surface area contributed by atoms with Crippen LogP contribution in [0.5, 0.6) is 0 Å². The number of aliphatic carboxylic acids is 1. The molecule has 0 spiro atoms. The molecule has 0 amide bonds. The molecule has 0 fully saturated rings. The molecule has 3 rings (SSSR count). The number of carbonyl (C=O) groups excluding carboxylic acids is 1. The summed E-state index contributed by atoms with van der Waals surface area (Å²) in [5, 5.41) is 11.4. The predicted molar refractivity (Wildman–Crippen MR) is 87.6 cm³/mol. The minimum atomic E-state index is -1.27. The maximum atomic E-state index is 12.7. The Kier molecular flexibility index (Phi) is 3.63. The quantitative estimate of drug-likeness (QED) is 0.665. The van der Waals surface area contributed by atoms with Crippen LogP contribution < -0.4 is 16.4 Å². The Morgan fingerprint density at radius 3 is 2.50 bits per heavy atom. The number of aromatic nitrogens is 3. The number of benzene rings is 1. The van der Waals surface area contributed by atoms with E-state index in [1.807, 2.05) is 25.1 Å². The van der Waals surface area contributed by atoms with Crippen LogP contribution in [-0.4, -0.2) is 19.7 Å². The molecule has 0 aliphatic heterocycles. The van der Waals surface area contributed by atoms with Gasteiger partial charge in [0.25, 0.3) is 5.56 Å². The van der Waals surface area contributed by atoms with Crippen LogP contribution in [0.15, 0.2) is 40.1 Å². The normalized spacial score (nSPS) is 11.1. The van der Waals surface area contributed by atoms with Crippen LogP contribution in [0.1, 0.15) is 5.56 Å². The first kappa shape index (κ1) is 15.8. The summed E-state index contributed by atoms with van der Waals surface area (Å²) in [7, 11) is 2.95. The standard InChI is InChI=1S/C17H17N3O4/c1-10-5-4-6-11(7-10)15-14-12(8-20(15)9-13(21)22)18(2)17(24)19(3)16(14)23/h4-8H,9H2,1-3H3,(H,21,22)/p-1. The number of carboxylic acid groups (broad SMARTS) is 1. The van der Waals surface area contributed by atoms with Crippen LogP contribution >= 0.6 is 0 Å². The van der Waals surface area contributed by atoms with Crippen LogP contribution in [0, 0.1) is 6.92 Å². The fourth-order valence-electron chi connectivity index (χ4n) is 2.96. The Morgan fingerprint density at radius 1 is 1.17 bits per heavy atom. The number of hydrogen-bond donors (Lipinski definition) is 0. The van der Waals surface area contributed by atoms with E-state index < -0.39 is 23.8 Å². The van der Waals surface area contributed by atoms with Gasteiger partial charge in [0.15, 0.2) is 0 Å². The van der Waals surface area contributed by atoms with Crippen LogP contribution in [0.25, 0.3) is 22.2 Å². The first-order valence-corrected chi connectivity index (χ1v) is 7.37. The Balaban J connectivity index is 2.51. The van der Waals surface area contributed by atoms with Crippen molar-refractivity contribution in [3.8, 4) is 11.3 Å². The van der Waals surface area contributed by atoms with Crippen molar-refractivity contribution in [2.75, 3.05) is 0 Å². The second-order valence-corrected chi connectivity index (χ2v) is 5.81. The fourth-order valence-corrected chi connectivity index (χ4v) is 2.96. The zero-order valence-electron chi connectivity index (χ0n) is 13.6. The first-order valence-electron chi connectivity index (χ1n) is 7.37. The molecule has 2 aromatic heterocycles. The minimum absolute atomic E-state index is 0.312. The van der Waals surface area contributed by atoms with Crippen molar-refractivity contribution in [1.82, 2.24) is 13.7 Å². The number of aryl methyl sites for hydroxylation is 2. The molecule has 0 N–H and O–H groups in total. The molecule has 24 heavy (non-hydrogen) atoms. The summed E-state index contributed by atoms with van der Waals surface area (Å²) in [6.45, 7) is 1.50. The van der Waals surface area contributed by atoms with Gasteiger partial charge < -0.3 is 14.5 Å². The molecular weight excluding hydrogens is 310 g/mol. The Morgan fingerprint density at radius 2 is 1.88 bits per heavy atom. The average molecular weight is 326 g/mol. The van der Waals surface area contributed by atoms with Gasteiger partial charge in [-0.25, -0.2) is 4.79 Å². The van der Waals surface area contributed by atoms with Crippen molar-refractivity contribution in [3.05, 3.63) is 56.9 Å². The second-order valence-electron chi connectivity index (χ2n) is 5.81. The van der Waals surface area contributed by atoms with E-state index in [0.717, 1.165) is 10.1 Å². The Hall–Kier alpha value is -3.09. The topological polar surface area (TPSA) is 89.1 Å². The molecule has 2 heterocycles. The van der Waals surface area contributed by atoms with E-state index in [4.69, 9.17) is 0 Å². The molecule has 7 nitrogen and oxygen atoms in total. The van der Waals surface area contributed by atoms with Gasteiger partial charge in [-0.15, -0.1) is 0 Å². The number of rotatable bonds is 3. The molecule has 7 heteroatoms. The predicted octanol–water partition coefficient (Wildman–Crippen LogP) is -0.236. The van der Waals surface area contributed by atoms with Gasteiger partial charge in [0.2, 0.25) is 0 Å². The molecule has 0 aliphatic rings. The lowest BCUT2D eigenvalue weighted by atomic mass is 10.1. The van der Waals surface area contributed by atoms with Gasteiger partial charge in [-0.05, 0) is 18.6 Å². The van der Waals surface area contributed by atoms with Crippen LogP contribution in [0.4, 0.5) is 0 Å². The van der Waals surface area contributed by atoms with Crippen molar-refractivity contribution in [2.24, 2.45) is 14.1 Å². The van der Waals surface area contributed by atoms with Gasteiger partial charge in [0.05, 0.1) is 29.1 Å². The third kappa shape index (κ3) is 2.34. The highest BCUT2D eigenvalue weighted by atomic mass is 16.4. The fraction of sp³-hybridized carbons (Fsp3) is 0.235. The number of carbonyl (C=O) groups is 1. The van der Waals surface area contributed by atoms with E-state index in [1.54, 1.807) is 13.1 Å². The van der Waals surface area contributed by atoms with E-state index in [1.165, 1.54) is 22.4 Å².